The highest BCUT2D eigenvalue weighted by molar-refractivity contribution is 7.28. The summed E-state index contributed by atoms with van der Waals surface area (Å²) >= 11 is 9.54. The largest absolute Gasteiger partial charge is 0.343 e. The van der Waals surface area contributed by atoms with E-state index in [1.54, 1.807) is 0 Å². The van der Waals surface area contributed by atoms with E-state index >= 15 is 0 Å². The van der Waals surface area contributed by atoms with Crippen molar-refractivity contribution in [3.05, 3.63) is 483 Å². The maximum absolute atomic E-state index is 2.37. The lowest BCUT2D eigenvalue weighted by Crippen LogP contribution is -1.88. The minimum atomic E-state index is 1.29. The number of fused-ring (bicyclic) bond motifs is 48. The lowest BCUT2D eigenvalue weighted by molar-refractivity contribution is 1.02. The third-order valence-electron chi connectivity index (χ3n) is 30.4. The molecule has 0 amide bonds. The Balaban J connectivity index is 0.0000000854. The molecule has 0 radical (unpaired) electrons. The molecule has 0 atom stereocenters. The van der Waals surface area contributed by atoms with Gasteiger partial charge in [0.25, 0.3) is 0 Å². The third-order valence-corrected chi connectivity index (χ3v) is 36.7. The standard InChI is InChI=1S/3C23H15NS.C19H14S.2C19H14.C13H10S/c1-24-18-12-6-4-10-16(18)21-22(24)15-9-3-2-8-14(15)20-17-11-5-7-13-19(17)25-23(20)21;1-24-18-12-6-4-10-16(18)20-14-8-2-3-9-15(14)23-21(22(20)24)17-11-5-7-13-19(17)25-23;1-24-18-12-6-4-10-16(18)20-14-8-2-3-9-15(14)21-17-11-5-7-13-19(17)25-23(21)22(20)24;1-13-7-5-11-16-17-12-6-10-15(19(17)20-18(13)16)14-8-3-2-4-9-14;1-13-7-6-12-18-16-9-3-2-8-14(16)15-10-4-5-11-17(15)19(13)18;1-13-10-11-18-16-8-3-2-6-14(16)15-7-4-5-9-17(15)19(18)12-13;1-9-5-4-7-11-10-6-2-3-8-12(10)14-13(9)11/h3*2-13H,1H3;2-12H,1H3;2*2-12H,1H3;2-8H,1H3. The number of rotatable bonds is 1. The van der Waals surface area contributed by atoms with Crippen LogP contribution in [-0.2, 0) is 21.1 Å². The van der Waals surface area contributed by atoms with Crippen LogP contribution in [0.2, 0.25) is 0 Å². The molecule has 698 valence electrons. The zero-order chi connectivity index (χ0) is 98.3. The first-order valence-electron chi connectivity index (χ1n) is 50.4. The van der Waals surface area contributed by atoms with E-state index in [1.165, 1.54) is 297 Å². The van der Waals surface area contributed by atoms with Crippen molar-refractivity contribution in [3.63, 3.8) is 0 Å². The third kappa shape index (κ3) is 14.7. The first kappa shape index (κ1) is 89.2. The Hall–Kier alpha value is -16.7. The Kier molecular flexibility index (Phi) is 22.2. The summed E-state index contributed by atoms with van der Waals surface area (Å²) in [6, 6.07) is 166. The van der Waals surface area contributed by atoms with Gasteiger partial charge in [0.1, 0.15) is 0 Å². The Morgan fingerprint density at radius 1 is 0.150 bits per heavy atom. The van der Waals surface area contributed by atoms with Crippen LogP contribution >= 0.6 is 56.7 Å². The second-order valence-corrected chi connectivity index (χ2v) is 44.1. The number of nitrogens with zero attached hydrogens (tertiary/aromatic N) is 3. The molecule has 0 fully saturated rings. The molecule has 25 aromatic carbocycles. The van der Waals surface area contributed by atoms with Crippen LogP contribution in [0.5, 0.6) is 0 Å². The van der Waals surface area contributed by atoms with Gasteiger partial charge in [-0.2, -0.15) is 0 Å². The number of thiophene rings is 5. The first-order valence-corrected chi connectivity index (χ1v) is 54.5. The summed E-state index contributed by atoms with van der Waals surface area (Å²) in [4.78, 5) is 0. The number of aryl methyl sites for hydroxylation is 7. The molecule has 33 rings (SSSR count). The number of hydrogen-bond acceptors (Lipinski definition) is 5. The minimum Gasteiger partial charge on any atom is -0.343 e. The fourth-order valence-corrected chi connectivity index (χ4v) is 30.1. The van der Waals surface area contributed by atoms with Gasteiger partial charge in [-0.1, -0.05) is 424 Å². The van der Waals surface area contributed by atoms with Gasteiger partial charge < -0.3 is 13.7 Å². The van der Waals surface area contributed by atoms with Crippen LogP contribution in [0.1, 0.15) is 22.3 Å². The van der Waals surface area contributed by atoms with Crippen molar-refractivity contribution >= 4 is 320 Å². The zero-order valence-electron chi connectivity index (χ0n) is 82.3. The van der Waals surface area contributed by atoms with Crippen LogP contribution in [0, 0.1) is 27.7 Å². The van der Waals surface area contributed by atoms with Crippen LogP contribution in [0.15, 0.2) is 461 Å². The molecule has 33 aromatic rings. The van der Waals surface area contributed by atoms with Crippen molar-refractivity contribution < 1.29 is 0 Å². The van der Waals surface area contributed by atoms with E-state index in [-0.39, 0.29) is 0 Å². The van der Waals surface area contributed by atoms with Gasteiger partial charge in [0.2, 0.25) is 0 Å². The first-order chi connectivity index (χ1) is 72.4. The molecule has 0 unspecified atom stereocenters. The molecular weight excluding hydrogens is 1870 g/mol. The van der Waals surface area contributed by atoms with Gasteiger partial charge >= 0.3 is 0 Å². The van der Waals surface area contributed by atoms with E-state index in [9.17, 15) is 0 Å². The van der Waals surface area contributed by atoms with E-state index in [4.69, 9.17) is 0 Å². The van der Waals surface area contributed by atoms with E-state index in [1.807, 2.05) is 56.7 Å². The summed E-state index contributed by atoms with van der Waals surface area (Å²) in [5.41, 5.74) is 16.0. The molecular formula is C139H97N3S5. The van der Waals surface area contributed by atoms with Crippen LogP contribution in [0.4, 0.5) is 0 Å². The average Bonchev–Trinajstić information content (AvgIpc) is 1.55. The van der Waals surface area contributed by atoms with Crippen molar-refractivity contribution in [3.8, 4) is 11.1 Å². The molecule has 0 saturated heterocycles. The van der Waals surface area contributed by atoms with Gasteiger partial charge in [0.15, 0.2) is 0 Å². The summed E-state index contributed by atoms with van der Waals surface area (Å²) in [6.45, 7) is 8.73. The monoisotopic (exact) mass is 1970 g/mol. The summed E-state index contributed by atoms with van der Waals surface area (Å²) < 4.78 is 21.0. The van der Waals surface area contributed by atoms with Crippen LogP contribution < -0.4 is 0 Å². The van der Waals surface area contributed by atoms with Gasteiger partial charge in [0, 0.05) is 177 Å². The van der Waals surface area contributed by atoms with E-state index in [0.717, 1.165) is 0 Å². The number of aromatic nitrogens is 3. The highest BCUT2D eigenvalue weighted by Gasteiger charge is 2.25. The van der Waals surface area contributed by atoms with Crippen molar-refractivity contribution in [2.45, 2.75) is 27.7 Å². The van der Waals surface area contributed by atoms with E-state index in [0.29, 0.717) is 0 Å². The highest BCUT2D eigenvalue weighted by Crippen LogP contribution is 2.53. The van der Waals surface area contributed by atoms with Crippen molar-refractivity contribution in [1.82, 2.24) is 13.7 Å². The summed E-state index contributed by atoms with van der Waals surface area (Å²) in [5.74, 6) is 0. The Bertz CT molecular complexity index is 11000. The second kappa shape index (κ2) is 36.6. The van der Waals surface area contributed by atoms with Gasteiger partial charge in [0.05, 0.1) is 21.3 Å². The Labute approximate surface area is 869 Å². The lowest BCUT2D eigenvalue weighted by atomic mass is 9.92. The minimum absolute atomic E-state index is 1.29. The maximum atomic E-state index is 2.37. The maximum Gasteiger partial charge on any atom is 0.0676 e. The average molecular weight is 1970 g/mol. The highest BCUT2D eigenvalue weighted by atomic mass is 32.1. The molecule has 0 bridgehead atoms. The zero-order valence-corrected chi connectivity index (χ0v) is 86.3. The van der Waals surface area contributed by atoms with E-state index < -0.39 is 0 Å². The normalized spacial score (nSPS) is 11.8. The molecule has 0 saturated carbocycles. The Morgan fingerprint density at radius 2 is 0.435 bits per heavy atom. The molecule has 8 heteroatoms. The topological polar surface area (TPSA) is 14.8 Å². The molecule has 3 nitrogen and oxygen atoms in total. The Morgan fingerprint density at radius 3 is 0.959 bits per heavy atom. The molecule has 147 heavy (non-hydrogen) atoms. The summed E-state index contributed by atoms with van der Waals surface area (Å²) in [5, 5.41) is 46.4. The van der Waals surface area contributed by atoms with Crippen LogP contribution in [0.3, 0.4) is 0 Å². The fourth-order valence-electron chi connectivity index (χ4n) is 23.8. The van der Waals surface area contributed by atoms with Gasteiger partial charge in [-0.15, -0.1) is 56.7 Å². The molecule has 0 aliphatic heterocycles. The molecule has 8 aromatic heterocycles. The quantitative estimate of drug-likeness (QED) is 0.146. The number of benzene rings is 25. The smallest absolute Gasteiger partial charge is 0.0676 e. The van der Waals surface area contributed by atoms with Crippen molar-refractivity contribution in [1.29, 1.82) is 0 Å². The fraction of sp³-hybridized carbons (Fsp3) is 0.0504. The lowest BCUT2D eigenvalue weighted by Gasteiger charge is -2.11. The van der Waals surface area contributed by atoms with Crippen molar-refractivity contribution in [2.24, 2.45) is 21.1 Å². The molecule has 8 heterocycles. The summed E-state index contributed by atoms with van der Waals surface area (Å²) in [7, 11) is 6.59. The predicted molar refractivity (Wildman–Crippen MR) is 653 cm³/mol. The van der Waals surface area contributed by atoms with Crippen molar-refractivity contribution in [2.75, 3.05) is 0 Å². The molecule has 0 N–H and O–H groups in total. The molecule has 0 aliphatic rings. The molecule has 0 aliphatic carbocycles. The molecule has 0 spiro atoms. The van der Waals surface area contributed by atoms with Gasteiger partial charge in [-0.05, 0) is 184 Å². The van der Waals surface area contributed by atoms with Crippen LogP contribution in [-0.4, -0.2) is 13.7 Å². The second-order valence-electron chi connectivity index (χ2n) is 38.8. The van der Waals surface area contributed by atoms with E-state index in [2.05, 4.69) is 524 Å². The summed E-state index contributed by atoms with van der Waals surface area (Å²) in [6.07, 6.45) is 0. The van der Waals surface area contributed by atoms with Gasteiger partial charge in [-0.25, -0.2) is 0 Å². The van der Waals surface area contributed by atoms with Crippen LogP contribution in [0.25, 0.3) is 274 Å². The van der Waals surface area contributed by atoms with Gasteiger partial charge in [-0.3, -0.25) is 0 Å². The number of para-hydroxylation sites is 3. The number of hydrogen-bond donors (Lipinski definition) is 0. The predicted octanol–water partition coefficient (Wildman–Crippen LogP) is 41.9. The SMILES string of the molecule is Cc1ccc2c3ccccc3c3ccccc3c2c1.Cc1cccc2c1sc1c(-c3ccccc3)cccc12.Cc1cccc2c1sc1ccccc12.Cc1cccc2c3ccccc3c3ccccc3c12.Cn1c2ccccc2c2c3ccccc3c3c4ccccc4sc3c21.Cn1c2ccccc2c2c3ccccc3c3sc4ccccc4c3c21.Cn1c2ccccc2c2c3sc4ccccc4c3c3ccccc3c21.